The number of amides is 2. The zero-order chi connectivity index (χ0) is 14.7. The fraction of sp³-hybridized carbons (Fsp3) is 0.500. The van der Waals surface area contributed by atoms with Crippen LogP contribution < -0.4 is 10.2 Å². The van der Waals surface area contributed by atoms with E-state index < -0.39 is 0 Å². The number of halogens is 1. The number of urea groups is 1. The highest BCUT2D eigenvalue weighted by molar-refractivity contribution is 6.31. The summed E-state index contributed by atoms with van der Waals surface area (Å²) in [5.74, 6) is 0. The largest absolute Gasteiger partial charge is 0.395 e. The standard InChI is InChI=1S/C14H20ClN3O2/c1-17(2)13-6-3-10(15)9-12(13)16-14(20)18(7-8-19)11-4-5-11/h3,6,9,11,19H,4-5,7-8H2,1-2H3,(H,16,20). The van der Waals surface area contributed by atoms with E-state index in [9.17, 15) is 4.79 Å². The van der Waals surface area contributed by atoms with Crippen LogP contribution in [0.4, 0.5) is 16.2 Å². The van der Waals surface area contributed by atoms with Gasteiger partial charge in [-0.25, -0.2) is 4.79 Å². The normalized spacial score (nSPS) is 14.0. The molecule has 0 bridgehead atoms. The molecule has 0 atom stereocenters. The van der Waals surface area contributed by atoms with Crippen molar-refractivity contribution in [2.45, 2.75) is 18.9 Å². The summed E-state index contributed by atoms with van der Waals surface area (Å²) >= 11 is 6.00. The molecule has 0 spiro atoms. The van der Waals surface area contributed by atoms with E-state index in [4.69, 9.17) is 16.7 Å². The monoisotopic (exact) mass is 297 g/mol. The van der Waals surface area contributed by atoms with Crippen LogP contribution in [0.25, 0.3) is 0 Å². The van der Waals surface area contributed by atoms with Gasteiger partial charge in [-0.2, -0.15) is 0 Å². The van der Waals surface area contributed by atoms with Gasteiger partial charge in [-0.3, -0.25) is 0 Å². The Morgan fingerprint density at radius 2 is 2.15 bits per heavy atom. The van der Waals surface area contributed by atoms with Crippen LogP contribution in [-0.4, -0.2) is 49.3 Å². The maximum Gasteiger partial charge on any atom is 0.322 e. The molecule has 1 aliphatic carbocycles. The summed E-state index contributed by atoms with van der Waals surface area (Å²) in [7, 11) is 3.82. The van der Waals surface area contributed by atoms with Crippen LogP contribution in [0.15, 0.2) is 18.2 Å². The van der Waals surface area contributed by atoms with Crippen molar-refractivity contribution in [2.75, 3.05) is 37.5 Å². The molecule has 1 aromatic carbocycles. The maximum atomic E-state index is 12.3. The fourth-order valence-electron chi connectivity index (χ4n) is 2.13. The molecular weight excluding hydrogens is 278 g/mol. The second-order valence-corrected chi connectivity index (χ2v) is 5.57. The first-order chi connectivity index (χ1) is 9.52. The van der Waals surface area contributed by atoms with Crippen LogP contribution in [-0.2, 0) is 0 Å². The first kappa shape index (κ1) is 14.9. The molecule has 1 fully saturated rings. The van der Waals surface area contributed by atoms with Gasteiger partial charge in [0.05, 0.1) is 18.0 Å². The molecule has 2 amide bonds. The Balaban J connectivity index is 2.15. The number of rotatable bonds is 5. The molecule has 2 rings (SSSR count). The Morgan fingerprint density at radius 3 is 2.70 bits per heavy atom. The lowest BCUT2D eigenvalue weighted by Crippen LogP contribution is -2.39. The van der Waals surface area contributed by atoms with Gasteiger partial charge in [-0.05, 0) is 31.0 Å². The summed E-state index contributed by atoms with van der Waals surface area (Å²) < 4.78 is 0. The van der Waals surface area contributed by atoms with Gasteiger partial charge >= 0.3 is 6.03 Å². The molecular formula is C14H20ClN3O2. The van der Waals surface area contributed by atoms with E-state index in [-0.39, 0.29) is 18.7 Å². The van der Waals surface area contributed by atoms with Crippen molar-refractivity contribution in [1.29, 1.82) is 0 Å². The van der Waals surface area contributed by atoms with Crippen molar-refractivity contribution in [3.05, 3.63) is 23.2 Å². The highest BCUT2D eigenvalue weighted by Crippen LogP contribution is 2.30. The van der Waals surface area contributed by atoms with Crippen molar-refractivity contribution in [3.63, 3.8) is 0 Å². The molecule has 0 saturated heterocycles. The summed E-state index contributed by atoms with van der Waals surface area (Å²) in [4.78, 5) is 15.9. The summed E-state index contributed by atoms with van der Waals surface area (Å²) in [5, 5.41) is 12.5. The van der Waals surface area contributed by atoms with Gasteiger partial charge in [0.2, 0.25) is 0 Å². The van der Waals surface area contributed by atoms with Gasteiger partial charge in [0.15, 0.2) is 0 Å². The third-order valence-corrected chi connectivity index (χ3v) is 3.51. The van der Waals surface area contributed by atoms with E-state index in [1.807, 2.05) is 25.1 Å². The number of nitrogens with one attached hydrogen (secondary N) is 1. The van der Waals surface area contributed by atoms with Crippen molar-refractivity contribution < 1.29 is 9.90 Å². The lowest BCUT2D eigenvalue weighted by Gasteiger charge is -2.24. The number of anilines is 2. The second kappa shape index (κ2) is 6.33. The molecule has 0 unspecified atom stereocenters. The maximum absolute atomic E-state index is 12.3. The number of hydrogen-bond donors (Lipinski definition) is 2. The van der Waals surface area contributed by atoms with E-state index >= 15 is 0 Å². The SMILES string of the molecule is CN(C)c1ccc(Cl)cc1NC(=O)N(CCO)C1CC1. The Hall–Kier alpha value is -1.46. The molecule has 1 aliphatic rings. The summed E-state index contributed by atoms with van der Waals surface area (Å²) in [6.45, 7) is 0.328. The Morgan fingerprint density at radius 1 is 1.45 bits per heavy atom. The average Bonchev–Trinajstić information content (AvgIpc) is 3.19. The number of carbonyl (C=O) groups excluding carboxylic acids is 1. The number of aliphatic hydroxyl groups is 1. The van der Waals surface area contributed by atoms with Crippen LogP contribution in [0.2, 0.25) is 5.02 Å². The summed E-state index contributed by atoms with van der Waals surface area (Å²) in [6.07, 6.45) is 2.01. The minimum Gasteiger partial charge on any atom is -0.395 e. The molecule has 0 aromatic heterocycles. The van der Waals surface area contributed by atoms with Gasteiger partial charge in [0.25, 0.3) is 0 Å². The molecule has 0 radical (unpaired) electrons. The predicted octanol–water partition coefficient (Wildman–Crippen LogP) is 2.39. The molecule has 5 nitrogen and oxygen atoms in total. The van der Waals surface area contributed by atoms with Gasteiger partial charge in [-0.1, -0.05) is 11.6 Å². The number of benzene rings is 1. The molecule has 20 heavy (non-hydrogen) atoms. The van der Waals surface area contributed by atoms with Crippen LogP contribution in [0.3, 0.4) is 0 Å². The van der Waals surface area contributed by atoms with Gasteiger partial charge in [-0.15, -0.1) is 0 Å². The lowest BCUT2D eigenvalue weighted by molar-refractivity contribution is 0.185. The topological polar surface area (TPSA) is 55.8 Å². The molecule has 2 N–H and O–H groups in total. The summed E-state index contributed by atoms with van der Waals surface area (Å²) in [6, 6.07) is 5.46. The van der Waals surface area contributed by atoms with E-state index in [1.165, 1.54) is 0 Å². The zero-order valence-electron chi connectivity index (χ0n) is 11.8. The van der Waals surface area contributed by atoms with Crippen LogP contribution in [0, 0.1) is 0 Å². The van der Waals surface area contributed by atoms with E-state index in [0.29, 0.717) is 17.3 Å². The highest BCUT2D eigenvalue weighted by atomic mass is 35.5. The molecule has 6 heteroatoms. The number of aliphatic hydroxyl groups excluding tert-OH is 1. The minimum atomic E-state index is -0.188. The van der Waals surface area contributed by atoms with Crippen molar-refractivity contribution in [2.24, 2.45) is 0 Å². The number of hydrogen-bond acceptors (Lipinski definition) is 3. The van der Waals surface area contributed by atoms with Crippen molar-refractivity contribution in [1.82, 2.24) is 4.90 Å². The van der Waals surface area contributed by atoms with Crippen LogP contribution in [0.5, 0.6) is 0 Å². The number of nitrogens with zero attached hydrogens (tertiary/aromatic N) is 2. The van der Waals surface area contributed by atoms with Crippen LogP contribution in [0.1, 0.15) is 12.8 Å². The molecule has 1 saturated carbocycles. The Kier molecular flexibility index (Phi) is 4.73. The smallest absolute Gasteiger partial charge is 0.322 e. The second-order valence-electron chi connectivity index (χ2n) is 5.13. The third-order valence-electron chi connectivity index (χ3n) is 3.27. The zero-order valence-corrected chi connectivity index (χ0v) is 12.5. The Labute approximate surface area is 124 Å². The Bertz CT molecular complexity index is 489. The van der Waals surface area contributed by atoms with Gasteiger partial charge in [0.1, 0.15) is 0 Å². The van der Waals surface area contributed by atoms with E-state index in [0.717, 1.165) is 18.5 Å². The third kappa shape index (κ3) is 3.55. The fourth-order valence-corrected chi connectivity index (χ4v) is 2.30. The van der Waals surface area contributed by atoms with Crippen LogP contribution >= 0.6 is 11.6 Å². The first-order valence-electron chi connectivity index (χ1n) is 6.68. The predicted molar refractivity (Wildman–Crippen MR) is 81.6 cm³/mol. The van der Waals surface area contributed by atoms with Gasteiger partial charge in [0, 0.05) is 31.7 Å². The van der Waals surface area contributed by atoms with E-state index in [2.05, 4.69) is 5.32 Å². The molecule has 1 aromatic rings. The van der Waals surface area contributed by atoms with Gasteiger partial charge < -0.3 is 20.2 Å². The van der Waals surface area contributed by atoms with Crippen molar-refractivity contribution >= 4 is 29.0 Å². The van der Waals surface area contributed by atoms with E-state index in [1.54, 1.807) is 17.0 Å². The molecule has 110 valence electrons. The number of carbonyl (C=O) groups is 1. The summed E-state index contributed by atoms with van der Waals surface area (Å²) in [5.41, 5.74) is 1.57. The average molecular weight is 298 g/mol. The quantitative estimate of drug-likeness (QED) is 0.877. The molecule has 0 aliphatic heterocycles. The lowest BCUT2D eigenvalue weighted by atomic mass is 10.2. The minimum absolute atomic E-state index is 0.0278. The molecule has 0 heterocycles. The van der Waals surface area contributed by atoms with Crippen molar-refractivity contribution in [3.8, 4) is 0 Å². The first-order valence-corrected chi connectivity index (χ1v) is 7.06. The highest BCUT2D eigenvalue weighted by Gasteiger charge is 2.32.